The molecule has 2 amide bonds. The molecule has 2 aliphatic rings. The van der Waals surface area contributed by atoms with Gasteiger partial charge < -0.3 is 15.2 Å². The summed E-state index contributed by atoms with van der Waals surface area (Å²) in [5.41, 5.74) is 3.24. The Morgan fingerprint density at radius 3 is 2.75 bits per heavy atom. The van der Waals surface area contributed by atoms with E-state index in [1.54, 1.807) is 6.21 Å². The summed E-state index contributed by atoms with van der Waals surface area (Å²) in [5.74, 6) is -0.230. The third kappa shape index (κ3) is 5.66. The van der Waals surface area contributed by atoms with Crippen molar-refractivity contribution in [2.24, 2.45) is 16.9 Å². The fourth-order valence-corrected chi connectivity index (χ4v) is 3.93. The standard InChI is InChI=1S/C21H27N3O4/c25-20(26)11-7-2-1-6-10-16-17(19-13-12-18(16)28-19)14-22-24-21(27)23-15-8-4-3-5-9-15/h1,3-6,8-9,14,16-19H,2,7,10-13H2,(H,25,26)(H2,23,24,27)/b6-1-,22-14+. The molecule has 0 saturated carbocycles. The number of carboxylic acids is 1. The molecule has 150 valence electrons. The summed E-state index contributed by atoms with van der Waals surface area (Å²) in [4.78, 5) is 22.5. The number of carbonyl (C=O) groups is 2. The highest BCUT2D eigenvalue weighted by atomic mass is 16.5. The van der Waals surface area contributed by atoms with Gasteiger partial charge in [0.2, 0.25) is 0 Å². The molecule has 4 atom stereocenters. The number of carbonyl (C=O) groups excluding carboxylic acids is 1. The molecule has 4 unspecified atom stereocenters. The summed E-state index contributed by atoms with van der Waals surface area (Å²) in [6.45, 7) is 0. The number of hydrogen-bond acceptors (Lipinski definition) is 4. The fourth-order valence-electron chi connectivity index (χ4n) is 3.93. The minimum atomic E-state index is -0.755. The number of hydrazone groups is 1. The maximum atomic E-state index is 11.9. The molecule has 3 N–H and O–H groups in total. The second-order valence-electron chi connectivity index (χ2n) is 7.23. The lowest BCUT2D eigenvalue weighted by atomic mass is 9.78. The largest absolute Gasteiger partial charge is 0.481 e. The number of carboxylic acid groups (broad SMARTS) is 1. The Labute approximate surface area is 164 Å². The summed E-state index contributed by atoms with van der Waals surface area (Å²) >= 11 is 0. The first-order valence-electron chi connectivity index (χ1n) is 9.81. The number of unbranched alkanes of at least 4 members (excludes halogenated alkanes) is 1. The van der Waals surface area contributed by atoms with Crippen molar-refractivity contribution in [1.29, 1.82) is 0 Å². The molecular weight excluding hydrogens is 358 g/mol. The number of allylic oxidation sites excluding steroid dienone is 2. The van der Waals surface area contributed by atoms with Crippen molar-refractivity contribution in [3.05, 3.63) is 42.5 Å². The van der Waals surface area contributed by atoms with Crippen molar-refractivity contribution in [3.8, 4) is 0 Å². The van der Waals surface area contributed by atoms with Gasteiger partial charge >= 0.3 is 12.0 Å². The number of amides is 2. The van der Waals surface area contributed by atoms with Gasteiger partial charge in [0, 0.05) is 24.2 Å². The first kappa shape index (κ1) is 20.1. The maximum absolute atomic E-state index is 11.9. The van der Waals surface area contributed by atoms with E-state index in [2.05, 4.69) is 28.0 Å². The topological polar surface area (TPSA) is 100 Å². The third-order valence-electron chi connectivity index (χ3n) is 5.27. The Balaban J connectivity index is 1.46. The highest BCUT2D eigenvalue weighted by molar-refractivity contribution is 5.89. The zero-order valence-corrected chi connectivity index (χ0v) is 15.8. The van der Waals surface area contributed by atoms with Crippen LogP contribution < -0.4 is 10.7 Å². The van der Waals surface area contributed by atoms with Crippen LogP contribution in [-0.4, -0.2) is 35.5 Å². The average Bonchev–Trinajstić information content (AvgIpc) is 3.27. The number of aliphatic carboxylic acids is 1. The molecule has 0 aromatic heterocycles. The highest BCUT2D eigenvalue weighted by Crippen LogP contribution is 2.44. The van der Waals surface area contributed by atoms with E-state index in [1.165, 1.54) is 0 Å². The van der Waals surface area contributed by atoms with Crippen molar-refractivity contribution in [2.45, 2.75) is 50.7 Å². The lowest BCUT2D eigenvalue weighted by Gasteiger charge is -2.23. The van der Waals surface area contributed by atoms with Gasteiger partial charge in [-0.1, -0.05) is 30.4 Å². The van der Waals surface area contributed by atoms with E-state index in [-0.39, 0.29) is 30.6 Å². The van der Waals surface area contributed by atoms with Crippen LogP contribution in [0, 0.1) is 11.8 Å². The number of fused-ring (bicyclic) bond motifs is 2. The molecular formula is C21H27N3O4. The monoisotopic (exact) mass is 385 g/mol. The van der Waals surface area contributed by atoms with Gasteiger partial charge in [-0.25, -0.2) is 10.2 Å². The van der Waals surface area contributed by atoms with Crippen LogP contribution >= 0.6 is 0 Å². The zero-order valence-electron chi connectivity index (χ0n) is 15.8. The van der Waals surface area contributed by atoms with Crippen LogP contribution in [0.5, 0.6) is 0 Å². The Kier molecular flexibility index (Phi) is 7.19. The lowest BCUT2D eigenvalue weighted by molar-refractivity contribution is -0.137. The number of rotatable bonds is 9. The third-order valence-corrected chi connectivity index (χ3v) is 5.27. The first-order valence-corrected chi connectivity index (χ1v) is 9.81. The van der Waals surface area contributed by atoms with Gasteiger partial charge in [0.25, 0.3) is 0 Å². The number of hydrogen-bond donors (Lipinski definition) is 3. The quantitative estimate of drug-likeness (QED) is 0.261. The van der Waals surface area contributed by atoms with Crippen LogP contribution in [0.3, 0.4) is 0 Å². The summed E-state index contributed by atoms with van der Waals surface area (Å²) in [7, 11) is 0. The minimum absolute atomic E-state index is 0.165. The van der Waals surface area contributed by atoms with Gasteiger partial charge in [-0.2, -0.15) is 5.10 Å². The van der Waals surface area contributed by atoms with Crippen molar-refractivity contribution in [3.63, 3.8) is 0 Å². The molecule has 2 heterocycles. The highest BCUT2D eigenvalue weighted by Gasteiger charge is 2.47. The second kappa shape index (κ2) is 10.0. The lowest BCUT2D eigenvalue weighted by Crippen LogP contribution is -2.30. The molecule has 0 radical (unpaired) electrons. The normalized spacial score (nSPS) is 26.1. The summed E-state index contributed by atoms with van der Waals surface area (Å²) in [5, 5.41) is 15.5. The van der Waals surface area contributed by atoms with E-state index in [4.69, 9.17) is 9.84 Å². The van der Waals surface area contributed by atoms with Crippen molar-refractivity contribution >= 4 is 23.9 Å². The molecule has 0 spiro atoms. The molecule has 7 nitrogen and oxygen atoms in total. The molecule has 2 aliphatic heterocycles. The summed E-state index contributed by atoms with van der Waals surface area (Å²) < 4.78 is 6.03. The first-order chi connectivity index (χ1) is 13.6. The number of ether oxygens (including phenoxy) is 1. The van der Waals surface area contributed by atoms with E-state index in [0.717, 1.165) is 25.7 Å². The molecule has 28 heavy (non-hydrogen) atoms. The van der Waals surface area contributed by atoms with Gasteiger partial charge in [0.1, 0.15) is 0 Å². The van der Waals surface area contributed by atoms with E-state index in [0.29, 0.717) is 18.0 Å². The van der Waals surface area contributed by atoms with Gasteiger partial charge in [0.05, 0.1) is 12.2 Å². The molecule has 3 rings (SSSR count). The van der Waals surface area contributed by atoms with Crippen LogP contribution in [0.2, 0.25) is 0 Å². The van der Waals surface area contributed by atoms with Crippen LogP contribution in [0.25, 0.3) is 0 Å². The van der Waals surface area contributed by atoms with E-state index in [9.17, 15) is 9.59 Å². The smallest absolute Gasteiger partial charge is 0.339 e. The van der Waals surface area contributed by atoms with E-state index >= 15 is 0 Å². The molecule has 1 aromatic carbocycles. The SMILES string of the molecule is O=C(O)CCC/C=C\CC1C2CCC(O2)C1/C=N/NC(=O)Nc1ccccc1. The fraction of sp³-hybridized carbons (Fsp3) is 0.476. The summed E-state index contributed by atoms with van der Waals surface area (Å²) in [6, 6.07) is 8.84. The Bertz CT molecular complexity index is 720. The number of para-hydroxylation sites is 1. The van der Waals surface area contributed by atoms with Crippen molar-refractivity contribution in [2.75, 3.05) is 5.32 Å². The Morgan fingerprint density at radius 2 is 1.96 bits per heavy atom. The van der Waals surface area contributed by atoms with E-state index in [1.807, 2.05) is 30.3 Å². The number of urea groups is 1. The Hall–Kier alpha value is -2.67. The molecule has 0 aliphatic carbocycles. The van der Waals surface area contributed by atoms with Crippen molar-refractivity contribution in [1.82, 2.24) is 5.43 Å². The van der Waals surface area contributed by atoms with Crippen LogP contribution in [-0.2, 0) is 9.53 Å². The van der Waals surface area contributed by atoms with E-state index < -0.39 is 5.97 Å². The molecule has 2 fully saturated rings. The zero-order chi connectivity index (χ0) is 19.8. The number of anilines is 1. The van der Waals surface area contributed by atoms with Gasteiger partial charge in [-0.3, -0.25) is 4.79 Å². The number of nitrogens with zero attached hydrogens (tertiary/aromatic N) is 1. The van der Waals surface area contributed by atoms with Gasteiger partial charge in [0.15, 0.2) is 0 Å². The van der Waals surface area contributed by atoms with Crippen LogP contribution in [0.4, 0.5) is 10.5 Å². The predicted molar refractivity (Wildman–Crippen MR) is 107 cm³/mol. The van der Waals surface area contributed by atoms with Gasteiger partial charge in [-0.05, 0) is 50.2 Å². The minimum Gasteiger partial charge on any atom is -0.481 e. The van der Waals surface area contributed by atoms with Crippen LogP contribution in [0.1, 0.15) is 38.5 Å². The predicted octanol–water partition coefficient (Wildman–Crippen LogP) is 3.79. The Morgan fingerprint density at radius 1 is 1.18 bits per heavy atom. The maximum Gasteiger partial charge on any atom is 0.339 e. The average molecular weight is 385 g/mol. The van der Waals surface area contributed by atoms with Crippen molar-refractivity contribution < 1.29 is 19.4 Å². The molecule has 7 heteroatoms. The van der Waals surface area contributed by atoms with Gasteiger partial charge in [-0.15, -0.1) is 0 Å². The molecule has 2 saturated heterocycles. The number of nitrogens with one attached hydrogen (secondary N) is 2. The van der Waals surface area contributed by atoms with Crippen LogP contribution in [0.15, 0.2) is 47.6 Å². The summed E-state index contributed by atoms with van der Waals surface area (Å²) in [6.07, 6.45) is 11.0. The molecule has 2 bridgehead atoms. The molecule has 1 aromatic rings. The number of benzene rings is 1. The second-order valence-corrected chi connectivity index (χ2v) is 7.23.